The van der Waals surface area contributed by atoms with E-state index in [1.807, 2.05) is 6.92 Å². The maximum atomic E-state index is 13.5. The predicted molar refractivity (Wildman–Crippen MR) is 62.7 cm³/mol. The van der Waals surface area contributed by atoms with Crippen LogP contribution >= 0.6 is 0 Å². The maximum Gasteiger partial charge on any atom is 0.167 e. The molecule has 92 valence electrons. The van der Waals surface area contributed by atoms with E-state index in [-0.39, 0.29) is 23.8 Å². The van der Waals surface area contributed by atoms with Crippen LogP contribution in [0.2, 0.25) is 0 Å². The fraction of sp³-hybridized carbons (Fsp3) is 0.462. The number of ketones is 1. The van der Waals surface area contributed by atoms with Crippen LogP contribution in [0.1, 0.15) is 22.3 Å². The number of morpholine rings is 1. The third-order valence-electron chi connectivity index (χ3n) is 2.85. The molecule has 0 aromatic heterocycles. The molecule has 1 aromatic carbocycles. The van der Waals surface area contributed by atoms with Gasteiger partial charge in [0.15, 0.2) is 5.78 Å². The molecule has 1 unspecified atom stereocenters. The van der Waals surface area contributed by atoms with Gasteiger partial charge in [0, 0.05) is 19.0 Å². The molecule has 1 saturated heterocycles. The Hall–Kier alpha value is -1.26. The van der Waals surface area contributed by atoms with Crippen molar-refractivity contribution in [1.82, 2.24) is 5.32 Å². The van der Waals surface area contributed by atoms with Crippen molar-refractivity contribution in [3.8, 4) is 0 Å². The predicted octanol–water partition coefficient (Wildman–Crippen LogP) is 1.70. The molecule has 17 heavy (non-hydrogen) atoms. The molecular formula is C13H16FNO2. The smallest absolute Gasteiger partial charge is 0.167 e. The number of benzene rings is 1. The van der Waals surface area contributed by atoms with Crippen LogP contribution < -0.4 is 5.32 Å². The van der Waals surface area contributed by atoms with Gasteiger partial charge in [-0.1, -0.05) is 11.6 Å². The fourth-order valence-corrected chi connectivity index (χ4v) is 1.94. The van der Waals surface area contributed by atoms with Gasteiger partial charge in [-0.25, -0.2) is 4.39 Å². The Morgan fingerprint density at radius 3 is 3.12 bits per heavy atom. The molecule has 1 N–H and O–H groups in total. The molecule has 1 aliphatic heterocycles. The summed E-state index contributed by atoms with van der Waals surface area (Å²) in [7, 11) is 0. The molecule has 0 spiro atoms. The molecule has 1 fully saturated rings. The molecule has 1 aliphatic rings. The highest BCUT2D eigenvalue weighted by Crippen LogP contribution is 2.14. The summed E-state index contributed by atoms with van der Waals surface area (Å²) >= 11 is 0. The molecule has 2 rings (SSSR count). The van der Waals surface area contributed by atoms with Crippen LogP contribution in [0.5, 0.6) is 0 Å². The van der Waals surface area contributed by atoms with Crippen LogP contribution in [-0.4, -0.2) is 31.6 Å². The molecule has 3 nitrogen and oxygen atoms in total. The number of Topliss-reactive ketones (excluding diaryl/α,β-unsaturated/α-hetero) is 1. The van der Waals surface area contributed by atoms with Gasteiger partial charge in [0.05, 0.1) is 18.8 Å². The topological polar surface area (TPSA) is 38.3 Å². The van der Waals surface area contributed by atoms with Gasteiger partial charge in [-0.3, -0.25) is 4.79 Å². The number of halogens is 1. The van der Waals surface area contributed by atoms with Crippen molar-refractivity contribution < 1.29 is 13.9 Å². The first-order chi connectivity index (χ1) is 8.16. The Balaban J connectivity index is 2.05. The second-order valence-electron chi connectivity index (χ2n) is 4.34. The summed E-state index contributed by atoms with van der Waals surface area (Å²) in [5.41, 5.74) is 1.07. The summed E-state index contributed by atoms with van der Waals surface area (Å²) in [6, 6.07) is 4.60. The monoisotopic (exact) mass is 237 g/mol. The van der Waals surface area contributed by atoms with Gasteiger partial charge in [-0.05, 0) is 19.1 Å². The SMILES string of the molecule is Cc1ccc(F)c(C(=O)CC2COCCN2)c1. The molecule has 1 heterocycles. The first-order valence-electron chi connectivity index (χ1n) is 5.77. The summed E-state index contributed by atoms with van der Waals surface area (Å²) in [5.74, 6) is -0.619. The second-order valence-corrected chi connectivity index (χ2v) is 4.34. The van der Waals surface area contributed by atoms with E-state index in [1.165, 1.54) is 6.07 Å². The molecular weight excluding hydrogens is 221 g/mol. The zero-order chi connectivity index (χ0) is 12.3. The zero-order valence-electron chi connectivity index (χ0n) is 9.83. The second kappa shape index (κ2) is 5.38. The number of hydrogen-bond acceptors (Lipinski definition) is 3. The molecule has 0 radical (unpaired) electrons. The Kier molecular flexibility index (Phi) is 3.86. The van der Waals surface area contributed by atoms with E-state index >= 15 is 0 Å². The summed E-state index contributed by atoms with van der Waals surface area (Å²) in [6.07, 6.45) is 0.278. The van der Waals surface area contributed by atoms with Crippen LogP contribution in [0.25, 0.3) is 0 Å². The lowest BCUT2D eigenvalue weighted by molar-refractivity contribution is 0.0674. The van der Waals surface area contributed by atoms with E-state index in [0.717, 1.165) is 12.1 Å². The fourth-order valence-electron chi connectivity index (χ4n) is 1.94. The van der Waals surface area contributed by atoms with E-state index in [1.54, 1.807) is 12.1 Å². The van der Waals surface area contributed by atoms with Crippen LogP contribution in [0.3, 0.4) is 0 Å². The quantitative estimate of drug-likeness (QED) is 0.813. The average molecular weight is 237 g/mol. The molecule has 0 saturated carbocycles. The molecule has 0 aliphatic carbocycles. The summed E-state index contributed by atoms with van der Waals surface area (Å²) in [5, 5.41) is 3.19. The Morgan fingerprint density at radius 2 is 2.41 bits per heavy atom. The normalized spacial score (nSPS) is 20.2. The number of nitrogens with one attached hydrogen (secondary N) is 1. The number of carbonyl (C=O) groups excluding carboxylic acids is 1. The third-order valence-corrected chi connectivity index (χ3v) is 2.85. The average Bonchev–Trinajstić information content (AvgIpc) is 2.33. The van der Waals surface area contributed by atoms with Gasteiger partial charge in [-0.15, -0.1) is 0 Å². The molecule has 1 atom stereocenters. The summed E-state index contributed by atoms with van der Waals surface area (Å²) in [6.45, 7) is 3.77. The molecule has 4 heteroatoms. The van der Waals surface area contributed by atoms with Crippen molar-refractivity contribution in [3.63, 3.8) is 0 Å². The largest absolute Gasteiger partial charge is 0.378 e. The van der Waals surface area contributed by atoms with Crippen LogP contribution in [0.4, 0.5) is 4.39 Å². The van der Waals surface area contributed by atoms with Crippen molar-refractivity contribution in [2.45, 2.75) is 19.4 Å². The van der Waals surface area contributed by atoms with Gasteiger partial charge in [0.2, 0.25) is 0 Å². The van der Waals surface area contributed by atoms with Gasteiger partial charge in [0.1, 0.15) is 5.82 Å². The third kappa shape index (κ3) is 3.11. The number of carbonyl (C=O) groups is 1. The number of aryl methyl sites for hydroxylation is 1. The highest BCUT2D eigenvalue weighted by molar-refractivity contribution is 5.96. The first-order valence-corrected chi connectivity index (χ1v) is 5.77. The van der Waals surface area contributed by atoms with Crippen molar-refractivity contribution in [2.24, 2.45) is 0 Å². The van der Waals surface area contributed by atoms with Crippen molar-refractivity contribution in [3.05, 3.63) is 35.1 Å². The van der Waals surface area contributed by atoms with Crippen LogP contribution in [0.15, 0.2) is 18.2 Å². The number of rotatable bonds is 3. The van der Waals surface area contributed by atoms with Crippen LogP contribution in [0, 0.1) is 12.7 Å². The van der Waals surface area contributed by atoms with E-state index in [2.05, 4.69) is 5.32 Å². The van der Waals surface area contributed by atoms with E-state index in [0.29, 0.717) is 13.2 Å². The standard InChI is InChI=1S/C13H16FNO2/c1-9-2-3-12(14)11(6-9)13(16)7-10-8-17-5-4-15-10/h2-3,6,10,15H,4-5,7-8H2,1H3. The Bertz CT molecular complexity index is 414. The number of hydrogen-bond donors (Lipinski definition) is 1. The lowest BCUT2D eigenvalue weighted by atomic mass is 10.0. The lowest BCUT2D eigenvalue weighted by Gasteiger charge is -2.23. The summed E-state index contributed by atoms with van der Waals surface area (Å²) in [4.78, 5) is 12.0. The van der Waals surface area contributed by atoms with Gasteiger partial charge in [-0.2, -0.15) is 0 Å². The summed E-state index contributed by atoms with van der Waals surface area (Å²) < 4.78 is 18.8. The van der Waals surface area contributed by atoms with Crippen LogP contribution in [-0.2, 0) is 4.74 Å². The van der Waals surface area contributed by atoms with E-state index in [4.69, 9.17) is 4.74 Å². The highest BCUT2D eigenvalue weighted by atomic mass is 19.1. The minimum Gasteiger partial charge on any atom is -0.378 e. The van der Waals surface area contributed by atoms with Crippen molar-refractivity contribution in [2.75, 3.05) is 19.8 Å². The van der Waals surface area contributed by atoms with Gasteiger partial charge >= 0.3 is 0 Å². The Morgan fingerprint density at radius 1 is 1.59 bits per heavy atom. The molecule has 0 amide bonds. The van der Waals surface area contributed by atoms with Gasteiger partial charge in [0.25, 0.3) is 0 Å². The Labute approximate surface area is 100.0 Å². The van der Waals surface area contributed by atoms with Gasteiger partial charge < -0.3 is 10.1 Å². The number of ether oxygens (including phenoxy) is 1. The lowest BCUT2D eigenvalue weighted by Crippen LogP contribution is -2.42. The maximum absolute atomic E-state index is 13.5. The minimum atomic E-state index is -0.447. The van der Waals surface area contributed by atoms with E-state index in [9.17, 15) is 9.18 Å². The molecule has 0 bridgehead atoms. The van der Waals surface area contributed by atoms with Crippen molar-refractivity contribution >= 4 is 5.78 Å². The van der Waals surface area contributed by atoms with Crippen molar-refractivity contribution in [1.29, 1.82) is 0 Å². The first kappa shape index (κ1) is 12.2. The minimum absolute atomic E-state index is 0.00355. The zero-order valence-corrected chi connectivity index (χ0v) is 9.83. The molecule has 1 aromatic rings. The van der Waals surface area contributed by atoms with E-state index < -0.39 is 5.82 Å². The highest BCUT2D eigenvalue weighted by Gasteiger charge is 2.19.